The number of rotatable bonds is 3. The monoisotopic (exact) mass is 335 g/mol. The number of pyridine rings is 1. The number of aliphatic hydroxyl groups excluding tert-OH is 1. The van der Waals surface area contributed by atoms with Gasteiger partial charge in [0.1, 0.15) is 5.65 Å². The lowest BCUT2D eigenvalue weighted by atomic mass is 9.91. The maximum absolute atomic E-state index is 10.1. The van der Waals surface area contributed by atoms with Gasteiger partial charge in [0.05, 0.1) is 23.4 Å². The molecule has 124 valence electrons. The first kappa shape index (κ1) is 15.4. The third-order valence-corrected chi connectivity index (χ3v) is 5.22. The van der Waals surface area contributed by atoms with Crippen molar-refractivity contribution in [1.82, 2.24) is 14.3 Å². The molecule has 5 nitrogen and oxygen atoms in total. The van der Waals surface area contributed by atoms with Gasteiger partial charge in [-0.2, -0.15) is 0 Å². The Balaban J connectivity index is 1.52. The molecule has 4 rings (SSSR count). The highest BCUT2D eigenvalue weighted by Crippen LogP contribution is 2.30. The number of β-amino-alcohol motifs (C(OH)–C–C–N with tert-alkyl or cyclic N) is 1. The van der Waals surface area contributed by atoms with Crippen molar-refractivity contribution >= 4 is 17.2 Å². The molecule has 0 bridgehead atoms. The molecule has 0 spiro atoms. The number of hydrogen-bond acceptors (Lipinski definition) is 4. The predicted molar refractivity (Wildman–Crippen MR) is 88.6 cm³/mol. The van der Waals surface area contributed by atoms with Crippen molar-refractivity contribution in [2.24, 2.45) is 5.92 Å². The summed E-state index contributed by atoms with van der Waals surface area (Å²) in [5.74, 6) is 0.521. The summed E-state index contributed by atoms with van der Waals surface area (Å²) in [6.07, 6.45) is 6.81. The van der Waals surface area contributed by atoms with E-state index >= 15 is 0 Å². The molecular weight excluding hydrogens is 314 g/mol. The molecule has 3 atom stereocenters. The lowest BCUT2D eigenvalue weighted by Crippen LogP contribution is -2.39. The van der Waals surface area contributed by atoms with Crippen LogP contribution in [0.25, 0.3) is 5.65 Å². The number of ether oxygens (including phenoxy) is 1. The Morgan fingerprint density at radius 2 is 2.26 bits per heavy atom. The third kappa shape index (κ3) is 3.24. The fourth-order valence-corrected chi connectivity index (χ4v) is 4.12. The SMILES string of the molecule is OC1CC(C2CCCOC2)N(Cc2cn3cc(Cl)ccc3n2)C1. The molecule has 23 heavy (non-hydrogen) atoms. The number of likely N-dealkylation sites (tertiary alicyclic amines) is 1. The van der Waals surface area contributed by atoms with Crippen LogP contribution in [0.3, 0.4) is 0 Å². The van der Waals surface area contributed by atoms with Crippen LogP contribution in [0.4, 0.5) is 0 Å². The Labute approximate surface area is 140 Å². The minimum atomic E-state index is -0.242. The quantitative estimate of drug-likeness (QED) is 0.935. The van der Waals surface area contributed by atoms with E-state index in [-0.39, 0.29) is 6.10 Å². The zero-order valence-electron chi connectivity index (χ0n) is 13.1. The van der Waals surface area contributed by atoms with E-state index in [1.165, 1.54) is 6.42 Å². The molecule has 3 unspecified atom stereocenters. The van der Waals surface area contributed by atoms with Gasteiger partial charge in [-0.3, -0.25) is 4.90 Å². The van der Waals surface area contributed by atoms with E-state index in [0.717, 1.165) is 50.5 Å². The van der Waals surface area contributed by atoms with E-state index in [1.54, 1.807) is 0 Å². The smallest absolute Gasteiger partial charge is 0.137 e. The Morgan fingerprint density at radius 3 is 3.09 bits per heavy atom. The summed E-state index contributed by atoms with van der Waals surface area (Å²) in [7, 11) is 0. The second-order valence-corrected chi connectivity index (χ2v) is 7.15. The van der Waals surface area contributed by atoms with E-state index in [0.29, 0.717) is 17.0 Å². The highest BCUT2D eigenvalue weighted by Gasteiger charge is 2.37. The van der Waals surface area contributed by atoms with Gasteiger partial charge in [0.25, 0.3) is 0 Å². The number of nitrogens with zero attached hydrogens (tertiary/aromatic N) is 3. The summed E-state index contributed by atoms with van der Waals surface area (Å²) in [4.78, 5) is 7.04. The largest absolute Gasteiger partial charge is 0.392 e. The van der Waals surface area contributed by atoms with E-state index in [9.17, 15) is 5.11 Å². The summed E-state index contributed by atoms with van der Waals surface area (Å²) in [6, 6.07) is 4.17. The highest BCUT2D eigenvalue weighted by molar-refractivity contribution is 6.30. The van der Waals surface area contributed by atoms with Gasteiger partial charge in [-0.05, 0) is 37.3 Å². The van der Waals surface area contributed by atoms with Crippen molar-refractivity contribution in [1.29, 1.82) is 0 Å². The predicted octanol–water partition coefficient (Wildman–Crippen LogP) is 2.35. The highest BCUT2D eigenvalue weighted by atomic mass is 35.5. The van der Waals surface area contributed by atoms with Crippen molar-refractivity contribution < 1.29 is 9.84 Å². The molecule has 2 aliphatic heterocycles. The van der Waals surface area contributed by atoms with Crippen molar-refractivity contribution in [2.45, 2.75) is 38.0 Å². The molecular formula is C17H22ClN3O2. The minimum absolute atomic E-state index is 0.242. The van der Waals surface area contributed by atoms with E-state index < -0.39 is 0 Å². The fraction of sp³-hybridized carbons (Fsp3) is 0.588. The van der Waals surface area contributed by atoms with Gasteiger partial charge >= 0.3 is 0 Å². The maximum atomic E-state index is 10.1. The van der Waals surface area contributed by atoms with Crippen LogP contribution in [0.15, 0.2) is 24.5 Å². The number of halogens is 1. The number of imidazole rings is 1. The Hall–Kier alpha value is -1.14. The Bertz CT molecular complexity index is 684. The molecule has 0 aromatic carbocycles. The number of fused-ring (bicyclic) bond motifs is 1. The molecule has 2 saturated heterocycles. The lowest BCUT2D eigenvalue weighted by Gasteiger charge is -2.33. The number of hydrogen-bond donors (Lipinski definition) is 1. The molecule has 0 radical (unpaired) electrons. The average molecular weight is 336 g/mol. The topological polar surface area (TPSA) is 50.0 Å². The van der Waals surface area contributed by atoms with Crippen LogP contribution in [0.1, 0.15) is 25.0 Å². The molecule has 2 aromatic heterocycles. The second-order valence-electron chi connectivity index (χ2n) is 6.71. The van der Waals surface area contributed by atoms with Crippen LogP contribution in [0, 0.1) is 5.92 Å². The van der Waals surface area contributed by atoms with Crippen LogP contribution < -0.4 is 0 Å². The van der Waals surface area contributed by atoms with Crippen LogP contribution in [0.2, 0.25) is 5.02 Å². The fourth-order valence-electron chi connectivity index (χ4n) is 3.95. The van der Waals surface area contributed by atoms with Gasteiger partial charge < -0.3 is 14.2 Å². The van der Waals surface area contributed by atoms with E-state index in [4.69, 9.17) is 16.3 Å². The first-order chi connectivity index (χ1) is 11.2. The molecule has 2 aromatic rings. The molecule has 2 fully saturated rings. The average Bonchev–Trinajstić information content (AvgIpc) is 3.10. The summed E-state index contributed by atoms with van der Waals surface area (Å²) >= 11 is 6.04. The van der Waals surface area contributed by atoms with Gasteiger partial charge in [-0.15, -0.1) is 0 Å². The van der Waals surface area contributed by atoms with Crippen molar-refractivity contribution in [2.75, 3.05) is 19.8 Å². The number of aliphatic hydroxyl groups is 1. The van der Waals surface area contributed by atoms with E-state index in [2.05, 4.69) is 9.88 Å². The van der Waals surface area contributed by atoms with Crippen LogP contribution in [-0.4, -0.2) is 51.3 Å². The second kappa shape index (κ2) is 6.40. The van der Waals surface area contributed by atoms with Crippen LogP contribution in [-0.2, 0) is 11.3 Å². The van der Waals surface area contributed by atoms with Gasteiger partial charge in [0, 0.05) is 38.1 Å². The van der Waals surface area contributed by atoms with E-state index in [1.807, 2.05) is 28.9 Å². The van der Waals surface area contributed by atoms with Crippen LogP contribution >= 0.6 is 11.6 Å². The van der Waals surface area contributed by atoms with Gasteiger partial charge in [-0.25, -0.2) is 4.98 Å². The summed E-state index contributed by atoms with van der Waals surface area (Å²) in [5.41, 5.74) is 1.92. The Kier molecular flexibility index (Phi) is 4.28. The molecule has 0 aliphatic carbocycles. The molecule has 6 heteroatoms. The molecule has 4 heterocycles. The third-order valence-electron chi connectivity index (χ3n) is 5.00. The summed E-state index contributed by atoms with van der Waals surface area (Å²) < 4.78 is 7.61. The minimum Gasteiger partial charge on any atom is -0.392 e. The first-order valence-corrected chi connectivity index (χ1v) is 8.70. The van der Waals surface area contributed by atoms with Gasteiger partial charge in [-0.1, -0.05) is 11.6 Å². The molecule has 2 aliphatic rings. The molecule has 1 N–H and O–H groups in total. The summed E-state index contributed by atoms with van der Waals surface area (Å²) in [6.45, 7) is 3.17. The van der Waals surface area contributed by atoms with Gasteiger partial charge in [0.15, 0.2) is 0 Å². The summed E-state index contributed by atoms with van der Waals surface area (Å²) in [5, 5.41) is 10.8. The van der Waals surface area contributed by atoms with Crippen molar-refractivity contribution in [3.8, 4) is 0 Å². The maximum Gasteiger partial charge on any atom is 0.137 e. The standard InChI is InChI=1S/C17H22ClN3O2/c18-13-3-4-17-19-14(9-21(17)7-13)8-20-10-15(22)6-16(20)12-2-1-5-23-11-12/h3-4,7,9,12,15-16,22H,1-2,5-6,8,10-11H2. The van der Waals surface area contributed by atoms with Crippen molar-refractivity contribution in [3.05, 3.63) is 35.2 Å². The lowest BCUT2D eigenvalue weighted by molar-refractivity contribution is 0.0178. The zero-order chi connectivity index (χ0) is 15.8. The normalized spacial score (nSPS) is 29.4. The number of aromatic nitrogens is 2. The Morgan fingerprint density at radius 1 is 1.35 bits per heavy atom. The van der Waals surface area contributed by atoms with Crippen LogP contribution in [0.5, 0.6) is 0 Å². The first-order valence-electron chi connectivity index (χ1n) is 8.32. The van der Waals surface area contributed by atoms with Crippen molar-refractivity contribution in [3.63, 3.8) is 0 Å². The van der Waals surface area contributed by atoms with Gasteiger partial charge in [0.2, 0.25) is 0 Å². The zero-order valence-corrected chi connectivity index (χ0v) is 13.8. The molecule has 0 amide bonds. The molecule has 0 saturated carbocycles.